The molecule has 0 aliphatic heterocycles. The minimum absolute atomic E-state index is 0.0233. The van der Waals surface area contributed by atoms with Crippen LogP contribution in [-0.4, -0.2) is 43.8 Å². The molecule has 7 nitrogen and oxygen atoms in total. The van der Waals surface area contributed by atoms with Crippen LogP contribution in [0.25, 0.3) is 0 Å². The Morgan fingerprint density at radius 1 is 0.950 bits per heavy atom. The zero-order chi connectivity index (χ0) is 29.6. The molecule has 12 heteroatoms. The van der Waals surface area contributed by atoms with Gasteiger partial charge in [-0.15, -0.1) is 0 Å². The van der Waals surface area contributed by atoms with Crippen molar-refractivity contribution in [2.45, 2.75) is 50.7 Å². The summed E-state index contributed by atoms with van der Waals surface area (Å²) in [5.74, 6) is -1.86. The first-order valence-corrected chi connectivity index (χ1v) is 15.0. The average Bonchev–Trinajstić information content (AvgIpc) is 2.92. The molecule has 3 aromatic carbocycles. The highest BCUT2D eigenvalue weighted by Gasteiger charge is 2.33. The average molecular weight is 629 g/mol. The number of carbonyl (C=O) groups is 2. The van der Waals surface area contributed by atoms with Crippen LogP contribution >= 0.6 is 34.8 Å². The summed E-state index contributed by atoms with van der Waals surface area (Å²) in [6.45, 7) is 4.48. The highest BCUT2D eigenvalue weighted by atomic mass is 35.5. The van der Waals surface area contributed by atoms with E-state index in [1.54, 1.807) is 37.3 Å². The molecule has 0 saturated heterocycles. The fourth-order valence-corrected chi connectivity index (χ4v) is 5.84. The van der Waals surface area contributed by atoms with E-state index in [0.29, 0.717) is 17.0 Å². The van der Waals surface area contributed by atoms with Gasteiger partial charge < -0.3 is 10.2 Å². The molecule has 3 aromatic rings. The second-order valence-electron chi connectivity index (χ2n) is 9.17. The Morgan fingerprint density at radius 3 is 2.23 bits per heavy atom. The van der Waals surface area contributed by atoms with Gasteiger partial charge >= 0.3 is 0 Å². The predicted octanol–water partition coefficient (Wildman–Crippen LogP) is 6.31. The number of nitrogens with zero attached hydrogens (tertiary/aromatic N) is 2. The van der Waals surface area contributed by atoms with Gasteiger partial charge in [0.15, 0.2) is 0 Å². The van der Waals surface area contributed by atoms with E-state index in [2.05, 4.69) is 5.32 Å². The molecule has 0 aromatic heterocycles. The number of amides is 2. The topological polar surface area (TPSA) is 86.8 Å². The first-order chi connectivity index (χ1) is 18.8. The van der Waals surface area contributed by atoms with Gasteiger partial charge in [0.25, 0.3) is 10.0 Å². The lowest BCUT2D eigenvalue weighted by Crippen LogP contribution is -2.52. The monoisotopic (exact) mass is 627 g/mol. The van der Waals surface area contributed by atoms with Crippen molar-refractivity contribution in [3.05, 3.63) is 93.2 Å². The van der Waals surface area contributed by atoms with E-state index in [4.69, 9.17) is 34.8 Å². The second kappa shape index (κ2) is 13.7. The van der Waals surface area contributed by atoms with Gasteiger partial charge in [-0.05, 0) is 68.3 Å². The largest absolute Gasteiger partial charge is 0.352 e. The molecule has 214 valence electrons. The quantitative estimate of drug-likeness (QED) is 0.270. The molecule has 2 atom stereocenters. The number of benzene rings is 3. The number of nitrogens with one attached hydrogen (secondary N) is 1. The summed E-state index contributed by atoms with van der Waals surface area (Å²) >= 11 is 18.4. The third kappa shape index (κ3) is 7.66. The van der Waals surface area contributed by atoms with E-state index < -0.39 is 40.2 Å². The molecule has 0 spiro atoms. The Morgan fingerprint density at radius 2 is 1.62 bits per heavy atom. The normalized spacial score (nSPS) is 12.9. The van der Waals surface area contributed by atoms with Gasteiger partial charge in [0, 0.05) is 22.6 Å². The van der Waals surface area contributed by atoms with Gasteiger partial charge in [-0.25, -0.2) is 12.8 Å². The first kappa shape index (κ1) is 31.7. The highest BCUT2D eigenvalue weighted by Crippen LogP contribution is 2.29. The Bertz CT molecular complexity index is 1470. The van der Waals surface area contributed by atoms with Crippen molar-refractivity contribution in [3.8, 4) is 0 Å². The molecule has 0 fully saturated rings. The highest BCUT2D eigenvalue weighted by molar-refractivity contribution is 7.92. The van der Waals surface area contributed by atoms with Crippen molar-refractivity contribution in [1.82, 2.24) is 10.2 Å². The molecule has 0 aliphatic rings. The predicted molar refractivity (Wildman–Crippen MR) is 157 cm³/mol. The Labute approximate surface area is 248 Å². The third-order valence-electron chi connectivity index (χ3n) is 6.33. The van der Waals surface area contributed by atoms with Crippen molar-refractivity contribution < 1.29 is 22.4 Å². The zero-order valence-electron chi connectivity index (χ0n) is 22.1. The molecule has 0 aliphatic carbocycles. The fourth-order valence-electron chi connectivity index (χ4n) is 3.77. The van der Waals surface area contributed by atoms with Crippen LogP contribution < -0.4 is 9.62 Å². The van der Waals surface area contributed by atoms with Crippen LogP contribution in [0.3, 0.4) is 0 Å². The maximum Gasteiger partial charge on any atom is 0.264 e. The molecule has 0 bridgehead atoms. The van der Waals surface area contributed by atoms with Crippen molar-refractivity contribution in [2.24, 2.45) is 0 Å². The van der Waals surface area contributed by atoms with Gasteiger partial charge in [0.1, 0.15) is 18.4 Å². The van der Waals surface area contributed by atoms with Gasteiger partial charge in [-0.3, -0.25) is 13.9 Å². The van der Waals surface area contributed by atoms with Crippen LogP contribution in [-0.2, 0) is 26.2 Å². The number of sulfonamides is 1. The fraction of sp³-hybridized carbons (Fsp3) is 0.286. The number of rotatable bonds is 11. The lowest BCUT2D eigenvalue weighted by atomic mass is 10.1. The summed E-state index contributed by atoms with van der Waals surface area (Å²) in [6, 6.07) is 14.5. The molecule has 1 N–H and O–H groups in total. The van der Waals surface area contributed by atoms with Crippen molar-refractivity contribution in [2.75, 3.05) is 10.8 Å². The lowest BCUT2D eigenvalue weighted by molar-refractivity contribution is -0.139. The molecule has 0 unspecified atom stereocenters. The van der Waals surface area contributed by atoms with Crippen LogP contribution in [0.5, 0.6) is 0 Å². The van der Waals surface area contributed by atoms with Gasteiger partial charge in [-0.1, -0.05) is 66.0 Å². The maximum atomic E-state index is 14.0. The van der Waals surface area contributed by atoms with Gasteiger partial charge in [-0.2, -0.15) is 0 Å². The molecule has 40 heavy (non-hydrogen) atoms. The number of carbonyl (C=O) groups excluding carboxylic acids is 2. The first-order valence-electron chi connectivity index (χ1n) is 12.4. The van der Waals surface area contributed by atoms with Crippen LogP contribution in [0, 0.1) is 5.82 Å². The molecule has 0 radical (unpaired) electrons. The zero-order valence-corrected chi connectivity index (χ0v) is 25.2. The summed E-state index contributed by atoms with van der Waals surface area (Å²) in [5.41, 5.74) is 0.481. The minimum atomic E-state index is -4.31. The molecular formula is C28H29Cl3FN3O4S. The Hall–Kier alpha value is -2.85. The van der Waals surface area contributed by atoms with E-state index in [-0.39, 0.29) is 33.2 Å². The number of hydrogen-bond donors (Lipinski definition) is 1. The van der Waals surface area contributed by atoms with E-state index >= 15 is 0 Å². The van der Waals surface area contributed by atoms with E-state index in [9.17, 15) is 22.4 Å². The third-order valence-corrected chi connectivity index (χ3v) is 8.99. The van der Waals surface area contributed by atoms with Crippen LogP contribution in [0.1, 0.15) is 32.8 Å². The molecular weight excluding hydrogens is 600 g/mol. The Balaban J connectivity index is 2.06. The van der Waals surface area contributed by atoms with Gasteiger partial charge in [0.05, 0.1) is 15.6 Å². The standard InChI is InChI=1S/C28H29Cl3FN3O4S/c1-4-18(2)33-28(37)19(3)34(16-20-10-11-21(29)14-24(20)30)27(36)17-35(22-12-13-26(32)25(31)15-22)40(38,39)23-8-6-5-7-9-23/h5-15,18-19H,4,16-17H2,1-3H3,(H,33,37)/t18-,19-/m0/s1. The van der Waals surface area contributed by atoms with E-state index in [1.807, 2.05) is 13.8 Å². The summed E-state index contributed by atoms with van der Waals surface area (Å²) < 4.78 is 42.3. The summed E-state index contributed by atoms with van der Waals surface area (Å²) in [7, 11) is -4.31. The summed E-state index contributed by atoms with van der Waals surface area (Å²) in [6.07, 6.45) is 0.670. The van der Waals surface area contributed by atoms with Crippen molar-refractivity contribution in [3.63, 3.8) is 0 Å². The SMILES string of the molecule is CC[C@H](C)NC(=O)[C@H](C)N(Cc1ccc(Cl)cc1Cl)C(=O)CN(c1ccc(F)c(Cl)c1)S(=O)(=O)c1ccccc1. The van der Waals surface area contributed by atoms with Gasteiger partial charge in [0.2, 0.25) is 11.8 Å². The molecule has 0 saturated carbocycles. The molecule has 3 rings (SSSR count). The van der Waals surface area contributed by atoms with Crippen molar-refractivity contribution >= 4 is 62.3 Å². The van der Waals surface area contributed by atoms with E-state index in [0.717, 1.165) is 16.4 Å². The number of halogens is 4. The smallest absolute Gasteiger partial charge is 0.264 e. The minimum Gasteiger partial charge on any atom is -0.352 e. The second-order valence-corrected chi connectivity index (χ2v) is 12.3. The van der Waals surface area contributed by atoms with Crippen LogP contribution in [0.15, 0.2) is 71.6 Å². The van der Waals surface area contributed by atoms with Crippen LogP contribution in [0.4, 0.5) is 10.1 Å². The summed E-state index contributed by atoms with van der Waals surface area (Å²) in [5, 5.41) is 3.20. The lowest BCUT2D eigenvalue weighted by Gasteiger charge is -2.32. The Kier molecular flexibility index (Phi) is 10.8. The summed E-state index contributed by atoms with van der Waals surface area (Å²) in [4.78, 5) is 28.2. The molecule has 0 heterocycles. The molecule has 2 amide bonds. The van der Waals surface area contributed by atoms with Crippen LogP contribution in [0.2, 0.25) is 15.1 Å². The maximum absolute atomic E-state index is 14.0. The van der Waals surface area contributed by atoms with E-state index in [1.165, 1.54) is 29.2 Å². The van der Waals surface area contributed by atoms with Crippen molar-refractivity contribution in [1.29, 1.82) is 0 Å². The number of anilines is 1. The number of hydrogen-bond acceptors (Lipinski definition) is 4.